The number of carbonyl (C=O) groups is 1. The Morgan fingerprint density at radius 1 is 1.29 bits per heavy atom. The first-order valence-electron chi connectivity index (χ1n) is 8.22. The number of nitrogens with zero attached hydrogens (tertiary/aromatic N) is 4. The zero-order chi connectivity index (χ0) is 17.9. The molecule has 1 aliphatic rings. The Kier molecular flexibility index (Phi) is 6.00. The van der Waals surface area contributed by atoms with Crippen LogP contribution in [0.4, 0.5) is 0 Å². The molecule has 1 aromatic rings. The number of aryl methyl sites for hydroxylation is 2. The quantitative estimate of drug-likeness (QED) is 0.763. The molecule has 0 atom stereocenters. The van der Waals surface area contributed by atoms with Gasteiger partial charge in [0.25, 0.3) is 5.91 Å². The van der Waals surface area contributed by atoms with Crippen molar-refractivity contribution in [1.29, 1.82) is 0 Å². The first-order valence-corrected chi connectivity index (χ1v) is 9.72. The smallest absolute Gasteiger partial charge is 0.271 e. The minimum Gasteiger partial charge on any atom is -0.349 e. The van der Waals surface area contributed by atoms with Crippen molar-refractivity contribution in [3.63, 3.8) is 0 Å². The highest BCUT2D eigenvalue weighted by Gasteiger charge is 2.29. The number of amides is 1. The molecule has 0 spiro atoms. The number of piperazine rings is 1. The van der Waals surface area contributed by atoms with Gasteiger partial charge < -0.3 is 5.32 Å². The maximum atomic E-state index is 12.1. The van der Waals surface area contributed by atoms with E-state index >= 15 is 0 Å². The average Bonchev–Trinajstić information content (AvgIpc) is 2.87. The van der Waals surface area contributed by atoms with Gasteiger partial charge in [0, 0.05) is 52.0 Å². The van der Waals surface area contributed by atoms with Crippen molar-refractivity contribution in [3.05, 3.63) is 17.5 Å². The van der Waals surface area contributed by atoms with E-state index in [1.165, 1.54) is 0 Å². The van der Waals surface area contributed by atoms with E-state index in [0.29, 0.717) is 45.0 Å². The number of carbonyl (C=O) groups excluding carboxylic acids is 1. The summed E-state index contributed by atoms with van der Waals surface area (Å²) in [5, 5.41) is 6.62. The van der Waals surface area contributed by atoms with Crippen LogP contribution >= 0.6 is 0 Å². The van der Waals surface area contributed by atoms with E-state index in [1.54, 1.807) is 35.9 Å². The average molecular weight is 357 g/mol. The second-order valence-electron chi connectivity index (χ2n) is 6.38. The molecule has 0 bridgehead atoms. The van der Waals surface area contributed by atoms with Crippen LogP contribution in [0, 0.1) is 6.92 Å². The fourth-order valence-corrected chi connectivity index (χ4v) is 3.86. The molecule has 8 nitrogen and oxygen atoms in total. The Labute approximate surface area is 143 Å². The molecule has 0 unspecified atom stereocenters. The number of hydrogen-bond acceptors (Lipinski definition) is 5. The van der Waals surface area contributed by atoms with E-state index < -0.39 is 10.0 Å². The summed E-state index contributed by atoms with van der Waals surface area (Å²) in [7, 11) is -1.37. The van der Waals surface area contributed by atoms with Gasteiger partial charge in [-0.3, -0.25) is 14.4 Å². The summed E-state index contributed by atoms with van der Waals surface area (Å²) in [4.78, 5) is 14.2. The topological polar surface area (TPSA) is 87.5 Å². The molecule has 1 aliphatic heterocycles. The van der Waals surface area contributed by atoms with Crippen molar-refractivity contribution in [1.82, 2.24) is 24.3 Å². The van der Waals surface area contributed by atoms with Crippen LogP contribution in [0.15, 0.2) is 6.07 Å². The normalized spacial score (nSPS) is 17.4. The van der Waals surface area contributed by atoms with Gasteiger partial charge in [-0.15, -0.1) is 0 Å². The highest BCUT2D eigenvalue weighted by atomic mass is 32.2. The number of sulfonamides is 1. The molecule has 2 rings (SSSR count). The molecule has 0 radical (unpaired) electrons. The van der Waals surface area contributed by atoms with E-state index in [2.05, 4.69) is 15.3 Å². The molecule has 136 valence electrons. The molecule has 9 heteroatoms. The van der Waals surface area contributed by atoms with Crippen molar-refractivity contribution in [2.45, 2.75) is 26.0 Å². The highest BCUT2D eigenvalue weighted by Crippen LogP contribution is 2.12. The number of nitrogens with one attached hydrogen (secondary N) is 1. The van der Waals surface area contributed by atoms with Crippen LogP contribution in [-0.4, -0.2) is 77.8 Å². The van der Waals surface area contributed by atoms with Crippen LogP contribution in [-0.2, 0) is 17.1 Å². The summed E-state index contributed by atoms with van der Waals surface area (Å²) >= 11 is 0. The lowest BCUT2D eigenvalue weighted by Gasteiger charge is -2.34. The van der Waals surface area contributed by atoms with Crippen LogP contribution < -0.4 is 5.32 Å². The Morgan fingerprint density at radius 3 is 2.42 bits per heavy atom. The zero-order valence-electron chi connectivity index (χ0n) is 14.8. The molecular formula is C15H27N5O3S. The van der Waals surface area contributed by atoms with E-state index in [4.69, 9.17) is 0 Å². The van der Waals surface area contributed by atoms with Gasteiger partial charge in [0.1, 0.15) is 5.69 Å². The van der Waals surface area contributed by atoms with Crippen LogP contribution in [0.3, 0.4) is 0 Å². The fraction of sp³-hybridized carbons (Fsp3) is 0.733. The lowest BCUT2D eigenvalue weighted by Crippen LogP contribution is -2.51. The van der Waals surface area contributed by atoms with Crippen LogP contribution in [0.5, 0.6) is 0 Å². The Bertz CT molecular complexity index is 656. The predicted molar refractivity (Wildman–Crippen MR) is 92.3 cm³/mol. The van der Waals surface area contributed by atoms with Crippen LogP contribution in [0.1, 0.15) is 30.0 Å². The van der Waals surface area contributed by atoms with Crippen molar-refractivity contribution >= 4 is 15.9 Å². The standard InChI is InChI=1S/C15H27N5O3S/c1-12(2)24(22,23)20-9-7-19(8-10-20)6-5-16-15(21)14-11-13(3)18(4)17-14/h11-12H,5-10H2,1-4H3,(H,16,21). The van der Waals surface area contributed by atoms with Gasteiger partial charge in [-0.1, -0.05) is 0 Å². The maximum absolute atomic E-state index is 12.1. The predicted octanol–water partition coefficient (Wildman–Crippen LogP) is -0.186. The molecule has 0 aromatic carbocycles. The number of aromatic nitrogens is 2. The van der Waals surface area contributed by atoms with Crippen molar-refractivity contribution in [2.24, 2.45) is 7.05 Å². The molecule has 2 heterocycles. The molecule has 0 aliphatic carbocycles. The zero-order valence-corrected chi connectivity index (χ0v) is 15.6. The molecule has 1 aromatic heterocycles. The van der Waals surface area contributed by atoms with Gasteiger partial charge in [0.15, 0.2) is 0 Å². The van der Waals surface area contributed by atoms with E-state index in [-0.39, 0.29) is 11.2 Å². The monoisotopic (exact) mass is 357 g/mol. The van der Waals surface area contributed by atoms with E-state index in [9.17, 15) is 13.2 Å². The molecule has 1 amide bonds. The number of hydrogen-bond donors (Lipinski definition) is 1. The molecular weight excluding hydrogens is 330 g/mol. The summed E-state index contributed by atoms with van der Waals surface area (Å²) in [6.45, 7) is 8.91. The lowest BCUT2D eigenvalue weighted by atomic mass is 10.3. The van der Waals surface area contributed by atoms with Gasteiger partial charge in [-0.05, 0) is 26.8 Å². The summed E-state index contributed by atoms with van der Waals surface area (Å²) in [6, 6.07) is 1.75. The molecule has 24 heavy (non-hydrogen) atoms. The third kappa shape index (κ3) is 4.34. The Balaban J connectivity index is 1.74. The summed E-state index contributed by atoms with van der Waals surface area (Å²) in [5.41, 5.74) is 1.35. The van der Waals surface area contributed by atoms with Crippen molar-refractivity contribution in [2.75, 3.05) is 39.3 Å². The minimum absolute atomic E-state index is 0.181. The first-order chi connectivity index (χ1) is 11.2. The Hall–Kier alpha value is -1.45. The summed E-state index contributed by atoms with van der Waals surface area (Å²) in [5.74, 6) is -0.181. The maximum Gasteiger partial charge on any atom is 0.271 e. The Morgan fingerprint density at radius 2 is 1.92 bits per heavy atom. The SMILES string of the molecule is Cc1cc(C(=O)NCCN2CCN(S(=O)(=O)C(C)C)CC2)nn1C. The van der Waals surface area contributed by atoms with Gasteiger partial charge in [0.05, 0.1) is 5.25 Å². The molecule has 1 fully saturated rings. The van der Waals surface area contributed by atoms with Crippen molar-refractivity contribution in [3.8, 4) is 0 Å². The molecule has 1 N–H and O–H groups in total. The van der Waals surface area contributed by atoms with Crippen LogP contribution in [0.25, 0.3) is 0 Å². The molecule has 0 saturated carbocycles. The highest BCUT2D eigenvalue weighted by molar-refractivity contribution is 7.89. The van der Waals surface area contributed by atoms with Gasteiger partial charge in [-0.25, -0.2) is 8.42 Å². The first kappa shape index (κ1) is 18.9. The summed E-state index contributed by atoms with van der Waals surface area (Å²) < 4.78 is 27.5. The van der Waals surface area contributed by atoms with E-state index in [1.807, 2.05) is 6.92 Å². The van der Waals surface area contributed by atoms with Crippen molar-refractivity contribution < 1.29 is 13.2 Å². The number of rotatable bonds is 6. The fourth-order valence-electron chi connectivity index (χ4n) is 2.60. The largest absolute Gasteiger partial charge is 0.349 e. The minimum atomic E-state index is -3.17. The van der Waals surface area contributed by atoms with Gasteiger partial charge in [-0.2, -0.15) is 9.40 Å². The lowest BCUT2D eigenvalue weighted by molar-refractivity contribution is 0.0939. The second kappa shape index (κ2) is 7.62. The van der Waals surface area contributed by atoms with Crippen LogP contribution in [0.2, 0.25) is 0 Å². The third-order valence-electron chi connectivity index (χ3n) is 4.35. The second-order valence-corrected chi connectivity index (χ2v) is 8.87. The van der Waals surface area contributed by atoms with Gasteiger partial charge >= 0.3 is 0 Å². The van der Waals surface area contributed by atoms with Gasteiger partial charge in [0.2, 0.25) is 10.0 Å². The summed E-state index contributed by atoms with van der Waals surface area (Å²) in [6.07, 6.45) is 0. The van der Waals surface area contributed by atoms with E-state index in [0.717, 1.165) is 5.69 Å². The molecule has 1 saturated heterocycles. The third-order valence-corrected chi connectivity index (χ3v) is 6.62.